The number of aryl methyl sites for hydroxylation is 1. The predicted octanol–water partition coefficient (Wildman–Crippen LogP) is 4.37. The first-order chi connectivity index (χ1) is 7.68. The smallest absolute Gasteiger partial charge is 0.128 e. The fourth-order valence-corrected chi connectivity index (χ4v) is 2.25. The van der Waals surface area contributed by atoms with Gasteiger partial charge in [-0.1, -0.05) is 12.1 Å². The predicted molar refractivity (Wildman–Crippen MR) is 74.6 cm³/mol. The van der Waals surface area contributed by atoms with Crippen LogP contribution < -0.4 is 5.32 Å². The van der Waals surface area contributed by atoms with Crippen LogP contribution in [0.4, 0.5) is 5.69 Å². The highest BCUT2D eigenvalue weighted by Gasteiger charge is 2.12. The molecule has 0 aliphatic carbocycles. The lowest BCUT2D eigenvalue weighted by atomic mass is 10.1. The molecule has 16 heavy (non-hydrogen) atoms. The third-order valence-electron chi connectivity index (χ3n) is 2.54. The first-order valence-corrected chi connectivity index (χ1v) is 6.31. The quantitative estimate of drug-likeness (QED) is 0.847. The van der Waals surface area contributed by atoms with E-state index in [0.29, 0.717) is 0 Å². The van der Waals surface area contributed by atoms with Gasteiger partial charge in [0, 0.05) is 9.26 Å². The van der Waals surface area contributed by atoms with Crippen LogP contribution in [0.2, 0.25) is 0 Å². The lowest BCUT2D eigenvalue weighted by Crippen LogP contribution is -2.07. The lowest BCUT2D eigenvalue weighted by molar-refractivity contribution is 0.487. The summed E-state index contributed by atoms with van der Waals surface area (Å²) in [7, 11) is 0. The molecule has 1 aromatic heterocycles. The zero-order valence-electron chi connectivity index (χ0n) is 9.33. The summed E-state index contributed by atoms with van der Waals surface area (Å²) in [4.78, 5) is 0. The van der Waals surface area contributed by atoms with Gasteiger partial charge in [-0.25, -0.2) is 0 Å². The summed E-state index contributed by atoms with van der Waals surface area (Å²) in [5, 5.41) is 3.45. The molecule has 1 atom stereocenters. The molecule has 2 nitrogen and oxygen atoms in total. The van der Waals surface area contributed by atoms with Gasteiger partial charge in [0.05, 0.1) is 12.3 Å². The van der Waals surface area contributed by atoms with E-state index < -0.39 is 0 Å². The van der Waals surface area contributed by atoms with Crippen molar-refractivity contribution >= 4 is 28.3 Å². The van der Waals surface area contributed by atoms with Gasteiger partial charge in [0.25, 0.3) is 0 Å². The summed E-state index contributed by atoms with van der Waals surface area (Å²) in [5.74, 6) is 1.000. The summed E-state index contributed by atoms with van der Waals surface area (Å²) >= 11 is 2.33. The van der Waals surface area contributed by atoms with Crippen molar-refractivity contribution in [2.75, 3.05) is 5.32 Å². The number of para-hydroxylation sites is 1. The summed E-state index contributed by atoms with van der Waals surface area (Å²) in [6.45, 7) is 4.17. The maximum absolute atomic E-state index is 5.47. The Hall–Kier alpha value is -0.970. The first kappa shape index (κ1) is 11.5. The lowest BCUT2D eigenvalue weighted by Gasteiger charge is -2.15. The maximum Gasteiger partial charge on any atom is 0.128 e. The van der Waals surface area contributed by atoms with Gasteiger partial charge in [0.1, 0.15) is 5.76 Å². The Morgan fingerprint density at radius 2 is 2.00 bits per heavy atom. The zero-order chi connectivity index (χ0) is 11.5. The number of benzene rings is 1. The van der Waals surface area contributed by atoms with E-state index in [-0.39, 0.29) is 6.04 Å². The number of hydrogen-bond donors (Lipinski definition) is 1. The minimum atomic E-state index is 0.186. The molecule has 0 aliphatic heterocycles. The average Bonchev–Trinajstić information content (AvgIpc) is 2.68. The molecule has 2 rings (SSSR count). The van der Waals surface area contributed by atoms with Crippen molar-refractivity contribution in [1.82, 2.24) is 0 Å². The van der Waals surface area contributed by atoms with E-state index in [1.807, 2.05) is 18.2 Å². The molecule has 1 aromatic carbocycles. The minimum absolute atomic E-state index is 0.186. The Kier molecular flexibility index (Phi) is 3.53. The number of hydrogen-bond acceptors (Lipinski definition) is 2. The topological polar surface area (TPSA) is 25.2 Å². The van der Waals surface area contributed by atoms with E-state index in [1.54, 1.807) is 6.26 Å². The number of rotatable bonds is 3. The second-order valence-electron chi connectivity index (χ2n) is 3.81. The molecule has 0 saturated carbocycles. The van der Waals surface area contributed by atoms with Gasteiger partial charge < -0.3 is 9.73 Å². The van der Waals surface area contributed by atoms with Crippen LogP contribution >= 0.6 is 22.6 Å². The molecule has 1 heterocycles. The van der Waals surface area contributed by atoms with Gasteiger partial charge in [0.15, 0.2) is 0 Å². The van der Waals surface area contributed by atoms with E-state index in [1.165, 1.54) is 9.13 Å². The van der Waals surface area contributed by atoms with Crippen molar-refractivity contribution < 1.29 is 4.42 Å². The van der Waals surface area contributed by atoms with Crippen molar-refractivity contribution in [3.8, 4) is 0 Å². The monoisotopic (exact) mass is 327 g/mol. The van der Waals surface area contributed by atoms with Gasteiger partial charge in [-0.2, -0.15) is 0 Å². The van der Waals surface area contributed by atoms with Crippen LogP contribution in [0.25, 0.3) is 0 Å². The highest BCUT2D eigenvalue weighted by atomic mass is 127. The molecular formula is C13H14INO. The van der Waals surface area contributed by atoms with E-state index >= 15 is 0 Å². The van der Waals surface area contributed by atoms with E-state index in [2.05, 4.69) is 53.9 Å². The SMILES string of the molecule is Cc1ccoc1C(C)Nc1ccccc1I. The second-order valence-corrected chi connectivity index (χ2v) is 4.98. The molecule has 0 bridgehead atoms. The molecule has 0 radical (unpaired) electrons. The summed E-state index contributed by atoms with van der Waals surface area (Å²) < 4.78 is 6.69. The van der Waals surface area contributed by atoms with Crippen LogP contribution in [0.3, 0.4) is 0 Å². The molecule has 2 aromatic rings. The van der Waals surface area contributed by atoms with E-state index in [9.17, 15) is 0 Å². The first-order valence-electron chi connectivity index (χ1n) is 5.23. The van der Waals surface area contributed by atoms with Gasteiger partial charge in [0.2, 0.25) is 0 Å². The van der Waals surface area contributed by atoms with Gasteiger partial charge in [-0.15, -0.1) is 0 Å². The number of furan rings is 1. The summed E-state index contributed by atoms with van der Waals surface area (Å²) in [6, 6.07) is 10.4. The fourth-order valence-electron chi connectivity index (χ4n) is 1.71. The third-order valence-corrected chi connectivity index (χ3v) is 3.48. The normalized spacial score (nSPS) is 12.4. The Labute approximate surface area is 109 Å². The number of halogens is 1. The van der Waals surface area contributed by atoms with Crippen LogP contribution in [-0.2, 0) is 0 Å². The molecule has 0 fully saturated rings. The van der Waals surface area contributed by atoms with Gasteiger partial charge in [-0.05, 0) is 60.2 Å². The summed E-state index contributed by atoms with van der Waals surface area (Å²) in [6.07, 6.45) is 1.73. The average molecular weight is 327 g/mol. The van der Waals surface area contributed by atoms with Gasteiger partial charge >= 0.3 is 0 Å². The third kappa shape index (κ3) is 2.40. The number of nitrogens with one attached hydrogen (secondary N) is 1. The van der Waals surface area contributed by atoms with Crippen LogP contribution in [-0.4, -0.2) is 0 Å². The molecule has 3 heteroatoms. The Bertz CT molecular complexity index is 478. The van der Waals surface area contributed by atoms with Crippen molar-refractivity contribution in [3.05, 3.63) is 51.5 Å². The molecule has 84 valence electrons. The van der Waals surface area contributed by atoms with Crippen molar-refractivity contribution in [2.45, 2.75) is 19.9 Å². The highest BCUT2D eigenvalue weighted by Crippen LogP contribution is 2.25. The molecule has 1 N–H and O–H groups in total. The van der Waals surface area contributed by atoms with Crippen molar-refractivity contribution in [2.24, 2.45) is 0 Å². The molecule has 0 aliphatic rings. The summed E-state index contributed by atoms with van der Waals surface area (Å²) in [5.41, 5.74) is 2.33. The van der Waals surface area contributed by atoms with E-state index in [0.717, 1.165) is 11.4 Å². The Morgan fingerprint density at radius 1 is 1.25 bits per heavy atom. The van der Waals surface area contributed by atoms with E-state index in [4.69, 9.17) is 4.42 Å². The second kappa shape index (κ2) is 4.91. The zero-order valence-corrected chi connectivity index (χ0v) is 11.5. The molecule has 0 amide bonds. The van der Waals surface area contributed by atoms with Gasteiger partial charge in [-0.3, -0.25) is 0 Å². The molecular weight excluding hydrogens is 313 g/mol. The molecule has 0 spiro atoms. The Morgan fingerprint density at radius 3 is 2.62 bits per heavy atom. The Balaban J connectivity index is 2.17. The number of anilines is 1. The van der Waals surface area contributed by atoms with Crippen molar-refractivity contribution in [3.63, 3.8) is 0 Å². The fraction of sp³-hybridized carbons (Fsp3) is 0.231. The van der Waals surface area contributed by atoms with Crippen LogP contribution in [0, 0.1) is 10.5 Å². The minimum Gasteiger partial charge on any atom is -0.467 e. The molecule has 1 unspecified atom stereocenters. The standard InChI is InChI=1S/C13H14INO/c1-9-7-8-16-13(9)10(2)15-12-6-4-3-5-11(12)14/h3-8,10,15H,1-2H3. The van der Waals surface area contributed by atoms with Crippen LogP contribution in [0.1, 0.15) is 24.3 Å². The maximum atomic E-state index is 5.47. The van der Waals surface area contributed by atoms with Crippen LogP contribution in [0.15, 0.2) is 41.0 Å². The van der Waals surface area contributed by atoms with Crippen LogP contribution in [0.5, 0.6) is 0 Å². The van der Waals surface area contributed by atoms with Crippen molar-refractivity contribution in [1.29, 1.82) is 0 Å². The highest BCUT2D eigenvalue weighted by molar-refractivity contribution is 14.1. The molecule has 0 saturated heterocycles. The largest absolute Gasteiger partial charge is 0.467 e.